The summed E-state index contributed by atoms with van der Waals surface area (Å²) in [6.45, 7) is 7.60. The third-order valence-corrected chi connectivity index (χ3v) is 6.44. The van der Waals surface area contributed by atoms with Gasteiger partial charge in [0.25, 0.3) is 0 Å². The maximum Gasteiger partial charge on any atom is 0.132 e. The van der Waals surface area contributed by atoms with Crippen molar-refractivity contribution in [3.63, 3.8) is 0 Å². The Morgan fingerprint density at radius 1 is 1.11 bits per heavy atom. The number of thioether (sulfide) groups is 1. The predicted octanol–water partition coefficient (Wildman–Crippen LogP) is 4.79. The normalized spacial score (nSPS) is 18.1. The van der Waals surface area contributed by atoms with Crippen molar-refractivity contribution in [2.75, 3.05) is 31.6 Å². The van der Waals surface area contributed by atoms with Crippen LogP contribution in [0.5, 0.6) is 0 Å². The first-order chi connectivity index (χ1) is 13.7. The maximum absolute atomic E-state index is 4.43. The fourth-order valence-electron chi connectivity index (χ4n) is 3.63. The molecule has 0 bridgehead atoms. The van der Waals surface area contributed by atoms with E-state index in [0.717, 1.165) is 23.6 Å². The van der Waals surface area contributed by atoms with E-state index < -0.39 is 0 Å². The van der Waals surface area contributed by atoms with Crippen molar-refractivity contribution in [2.24, 2.45) is 10.9 Å². The molecular formula is C24H29N3S. The van der Waals surface area contributed by atoms with Gasteiger partial charge in [-0.15, -0.1) is 0 Å². The summed E-state index contributed by atoms with van der Waals surface area (Å²) in [7, 11) is 1.83. The Morgan fingerprint density at radius 2 is 1.86 bits per heavy atom. The van der Waals surface area contributed by atoms with Crippen LogP contribution in [0.3, 0.4) is 0 Å². The molecule has 1 aliphatic heterocycles. The van der Waals surface area contributed by atoms with Crippen molar-refractivity contribution in [1.29, 1.82) is 0 Å². The Morgan fingerprint density at radius 3 is 2.54 bits per heavy atom. The molecule has 1 aliphatic carbocycles. The van der Waals surface area contributed by atoms with Crippen LogP contribution in [-0.4, -0.2) is 42.4 Å². The van der Waals surface area contributed by atoms with Crippen LogP contribution in [0.1, 0.15) is 24.0 Å². The highest BCUT2D eigenvalue weighted by molar-refractivity contribution is 7.99. The molecule has 0 unspecified atom stereocenters. The first kappa shape index (κ1) is 19.3. The van der Waals surface area contributed by atoms with Crippen LogP contribution in [0.4, 0.5) is 0 Å². The van der Waals surface area contributed by atoms with Crippen molar-refractivity contribution in [3.05, 3.63) is 71.9 Å². The number of allylic oxidation sites excluding steroid dienone is 1. The standard InChI is InChI=1S/C24H29N3S/c1-18(20-6-7-20)26-24(25-2)22-10-8-21(9-11-22)23-5-3-4-19(16-23)17-27-12-14-28-15-13-27/h3-5,8-11,16,20H,1,6-7,12-15,17H2,2H3,(H,25,26). The van der Waals surface area contributed by atoms with E-state index in [1.807, 2.05) is 7.05 Å². The van der Waals surface area contributed by atoms with Gasteiger partial charge in [0.15, 0.2) is 0 Å². The van der Waals surface area contributed by atoms with E-state index in [2.05, 4.69) is 82.1 Å². The van der Waals surface area contributed by atoms with Gasteiger partial charge in [0, 0.05) is 49.4 Å². The van der Waals surface area contributed by atoms with Gasteiger partial charge in [-0.05, 0) is 41.5 Å². The third-order valence-electron chi connectivity index (χ3n) is 5.50. The highest BCUT2D eigenvalue weighted by Gasteiger charge is 2.25. The zero-order valence-electron chi connectivity index (χ0n) is 16.7. The summed E-state index contributed by atoms with van der Waals surface area (Å²) in [6, 6.07) is 17.6. The van der Waals surface area contributed by atoms with Crippen LogP contribution >= 0.6 is 11.8 Å². The Hall–Kier alpha value is -2.04. The second-order valence-electron chi connectivity index (χ2n) is 7.66. The van der Waals surface area contributed by atoms with Gasteiger partial charge in [-0.25, -0.2) is 0 Å². The van der Waals surface area contributed by atoms with Gasteiger partial charge < -0.3 is 5.32 Å². The SMILES string of the molecule is C=C(NC(=NC)c1ccc(-c2cccc(CN3CCSCC3)c2)cc1)C1CC1. The quantitative estimate of drug-likeness (QED) is 0.567. The molecule has 0 radical (unpaired) electrons. The molecule has 2 aliphatic rings. The maximum atomic E-state index is 4.43. The molecule has 1 saturated heterocycles. The van der Waals surface area contributed by atoms with E-state index in [9.17, 15) is 0 Å². The lowest BCUT2D eigenvalue weighted by Crippen LogP contribution is -2.31. The van der Waals surface area contributed by atoms with Gasteiger partial charge >= 0.3 is 0 Å². The van der Waals surface area contributed by atoms with E-state index in [4.69, 9.17) is 0 Å². The van der Waals surface area contributed by atoms with Crippen LogP contribution in [-0.2, 0) is 6.54 Å². The molecular weight excluding hydrogens is 362 g/mol. The minimum Gasteiger partial charge on any atom is -0.344 e. The Bertz CT molecular complexity index is 846. The number of nitrogens with one attached hydrogen (secondary N) is 1. The molecule has 0 amide bonds. The summed E-state index contributed by atoms with van der Waals surface area (Å²) in [4.78, 5) is 6.98. The fraction of sp³-hybridized carbons (Fsp3) is 0.375. The number of benzene rings is 2. The van der Waals surface area contributed by atoms with Gasteiger partial charge in [-0.3, -0.25) is 9.89 Å². The molecule has 4 heteroatoms. The van der Waals surface area contributed by atoms with Gasteiger partial charge in [-0.2, -0.15) is 11.8 Å². The van der Waals surface area contributed by atoms with Crippen LogP contribution in [0.25, 0.3) is 11.1 Å². The van der Waals surface area contributed by atoms with Crippen molar-refractivity contribution in [2.45, 2.75) is 19.4 Å². The molecule has 28 heavy (non-hydrogen) atoms. The van der Waals surface area contributed by atoms with Crippen molar-refractivity contribution in [3.8, 4) is 11.1 Å². The molecule has 1 heterocycles. The third kappa shape index (κ3) is 4.86. The Labute approximate surface area is 172 Å². The number of amidine groups is 1. The van der Waals surface area contributed by atoms with E-state index in [0.29, 0.717) is 5.92 Å². The summed E-state index contributed by atoms with van der Waals surface area (Å²) < 4.78 is 0. The van der Waals surface area contributed by atoms with E-state index in [-0.39, 0.29) is 0 Å². The van der Waals surface area contributed by atoms with E-state index in [1.165, 1.54) is 54.1 Å². The number of rotatable bonds is 6. The molecule has 2 aromatic rings. The van der Waals surface area contributed by atoms with Crippen LogP contribution in [0.15, 0.2) is 65.8 Å². The lowest BCUT2D eigenvalue weighted by molar-refractivity contribution is 0.294. The highest BCUT2D eigenvalue weighted by atomic mass is 32.2. The lowest BCUT2D eigenvalue weighted by Gasteiger charge is -2.26. The van der Waals surface area contributed by atoms with Crippen molar-refractivity contribution in [1.82, 2.24) is 10.2 Å². The van der Waals surface area contributed by atoms with E-state index >= 15 is 0 Å². The van der Waals surface area contributed by atoms with E-state index in [1.54, 1.807) is 0 Å². The first-order valence-corrected chi connectivity index (χ1v) is 11.3. The average molecular weight is 392 g/mol. The summed E-state index contributed by atoms with van der Waals surface area (Å²) in [5.41, 5.74) is 6.12. The largest absolute Gasteiger partial charge is 0.344 e. The van der Waals surface area contributed by atoms with Gasteiger partial charge in [0.05, 0.1) is 0 Å². The average Bonchev–Trinajstić information content (AvgIpc) is 3.59. The van der Waals surface area contributed by atoms with Crippen LogP contribution in [0.2, 0.25) is 0 Å². The topological polar surface area (TPSA) is 27.6 Å². The fourth-order valence-corrected chi connectivity index (χ4v) is 4.61. The van der Waals surface area contributed by atoms with Crippen molar-refractivity contribution < 1.29 is 0 Å². The van der Waals surface area contributed by atoms with Crippen LogP contribution in [0, 0.1) is 5.92 Å². The number of aliphatic imine (C=N–C) groups is 1. The second-order valence-corrected chi connectivity index (χ2v) is 8.89. The monoisotopic (exact) mass is 391 g/mol. The zero-order valence-corrected chi connectivity index (χ0v) is 17.5. The van der Waals surface area contributed by atoms with Gasteiger partial charge in [-0.1, -0.05) is 49.0 Å². The van der Waals surface area contributed by atoms with Gasteiger partial charge in [0.2, 0.25) is 0 Å². The molecule has 2 fully saturated rings. The Balaban J connectivity index is 1.45. The summed E-state index contributed by atoms with van der Waals surface area (Å²) in [6.07, 6.45) is 2.49. The number of nitrogens with zero attached hydrogens (tertiary/aromatic N) is 2. The minimum absolute atomic E-state index is 0.622. The molecule has 0 aromatic heterocycles. The molecule has 146 valence electrons. The summed E-state index contributed by atoms with van der Waals surface area (Å²) >= 11 is 2.06. The Kier molecular flexibility index (Phi) is 6.18. The van der Waals surface area contributed by atoms with Gasteiger partial charge in [0.1, 0.15) is 5.84 Å². The lowest BCUT2D eigenvalue weighted by atomic mass is 10.0. The first-order valence-electron chi connectivity index (χ1n) is 10.2. The van der Waals surface area contributed by atoms with Crippen molar-refractivity contribution >= 4 is 17.6 Å². The second kappa shape index (κ2) is 8.97. The smallest absolute Gasteiger partial charge is 0.132 e. The highest BCUT2D eigenvalue weighted by Crippen LogP contribution is 2.34. The molecule has 0 spiro atoms. The predicted molar refractivity (Wildman–Crippen MR) is 122 cm³/mol. The molecule has 1 saturated carbocycles. The zero-order chi connectivity index (χ0) is 19.3. The number of hydrogen-bond donors (Lipinski definition) is 1. The molecule has 1 N–H and O–H groups in total. The minimum atomic E-state index is 0.622. The molecule has 0 atom stereocenters. The number of hydrogen-bond acceptors (Lipinski definition) is 3. The summed E-state index contributed by atoms with van der Waals surface area (Å²) in [5, 5.41) is 3.41. The molecule has 4 rings (SSSR count). The molecule has 3 nitrogen and oxygen atoms in total. The van der Waals surface area contributed by atoms with Crippen LogP contribution < -0.4 is 5.32 Å². The molecule has 2 aromatic carbocycles. The summed E-state index contributed by atoms with van der Waals surface area (Å²) in [5.74, 6) is 4.03.